The first-order valence-corrected chi connectivity index (χ1v) is 7.95. The number of ketones is 1. The number of carbonyl (C=O) groups is 1. The van der Waals surface area contributed by atoms with Crippen LogP contribution in [0.15, 0.2) is 5.57 Å². The first kappa shape index (κ1) is 25.0. The van der Waals surface area contributed by atoms with Gasteiger partial charge in [-0.2, -0.15) is 43.9 Å². The summed E-state index contributed by atoms with van der Waals surface area (Å²) >= 11 is 0. The summed E-state index contributed by atoms with van der Waals surface area (Å²) in [5.41, 5.74) is -13.7. The average molecular weight is 511 g/mol. The molecule has 184 valence electrons. The fourth-order valence-electron chi connectivity index (χ4n) is 3.39. The van der Waals surface area contributed by atoms with Crippen LogP contribution in [0.1, 0.15) is 11.1 Å². The molecule has 2 aliphatic carbocycles. The second-order valence-corrected chi connectivity index (χ2v) is 6.95. The van der Waals surface area contributed by atoms with Crippen molar-refractivity contribution in [1.82, 2.24) is 0 Å². The Bertz CT molecular complexity index is 1090. The lowest BCUT2D eigenvalue weighted by molar-refractivity contribution is -0.475. The van der Waals surface area contributed by atoms with E-state index < -0.39 is 93.2 Å². The molecule has 0 spiro atoms. The number of fused-ring (bicyclic) bond motifs is 1. The maximum atomic E-state index is 14.8. The van der Waals surface area contributed by atoms with Crippen molar-refractivity contribution in [1.29, 1.82) is 0 Å². The molecule has 33 heavy (non-hydrogen) atoms. The Hall–Kier alpha value is -2.62. The molecule has 1 aromatic carbocycles. The zero-order valence-electron chi connectivity index (χ0n) is 14.7. The van der Waals surface area contributed by atoms with Crippen LogP contribution in [-0.4, -0.2) is 41.1 Å². The Labute approximate surface area is 170 Å². The number of Topliss-reactive ketones (excluding diaryl/α,β-unsaturated/α-hetero) is 1. The monoisotopic (exact) mass is 511 g/mol. The number of alkyl halides is 11. The molecular formula is C16H2F15O2-. The number of benzene rings is 1. The summed E-state index contributed by atoms with van der Waals surface area (Å²) in [5.74, 6) is -55.6. The first-order chi connectivity index (χ1) is 14.6. The van der Waals surface area contributed by atoms with E-state index in [-0.39, 0.29) is 0 Å². The highest BCUT2D eigenvalue weighted by Crippen LogP contribution is 2.70. The van der Waals surface area contributed by atoms with Gasteiger partial charge < -0.3 is 5.11 Å². The second-order valence-electron chi connectivity index (χ2n) is 6.95. The summed E-state index contributed by atoms with van der Waals surface area (Å²) in [6.07, 6.45) is -2.14. The molecule has 0 N–H and O–H groups in total. The molecule has 0 radical (unpaired) electrons. The van der Waals surface area contributed by atoms with E-state index in [0.717, 1.165) is 0 Å². The van der Waals surface area contributed by atoms with Crippen molar-refractivity contribution >= 4 is 11.5 Å². The van der Waals surface area contributed by atoms with Crippen LogP contribution in [0.3, 0.4) is 0 Å². The van der Waals surface area contributed by atoms with E-state index in [9.17, 15) is 75.8 Å². The molecular weight excluding hydrogens is 509 g/mol. The van der Waals surface area contributed by atoms with Gasteiger partial charge in [-0.15, -0.1) is 0 Å². The molecule has 0 atom stereocenters. The van der Waals surface area contributed by atoms with Crippen molar-refractivity contribution in [2.45, 2.75) is 41.7 Å². The largest absolute Gasteiger partial charge is 0.872 e. The SMILES string of the molecule is O=C(C1=C([O-])c2c(F)c(F)c(F)c(F)c2C1)C1(F)C(F)(F)C(F)(F)C(F)(F)C(F)(F)C1(F)F. The Morgan fingerprint density at radius 3 is 1.39 bits per heavy atom. The van der Waals surface area contributed by atoms with Crippen molar-refractivity contribution in [3.05, 3.63) is 40.0 Å². The Kier molecular flexibility index (Phi) is 4.76. The minimum absolute atomic E-state index is 1.77. The molecule has 17 heteroatoms. The third-order valence-electron chi connectivity index (χ3n) is 5.25. The van der Waals surface area contributed by atoms with Gasteiger partial charge in [-0.1, -0.05) is 5.76 Å². The van der Waals surface area contributed by atoms with Crippen molar-refractivity contribution in [2.75, 3.05) is 0 Å². The van der Waals surface area contributed by atoms with Gasteiger partial charge in [0.25, 0.3) is 0 Å². The fourth-order valence-corrected chi connectivity index (χ4v) is 3.39. The van der Waals surface area contributed by atoms with E-state index in [1.54, 1.807) is 0 Å². The summed E-state index contributed by atoms with van der Waals surface area (Å²) in [6.45, 7) is 0. The van der Waals surface area contributed by atoms with Gasteiger partial charge in [-0.25, -0.2) is 22.0 Å². The molecule has 1 aromatic rings. The highest BCUT2D eigenvalue weighted by molar-refractivity contribution is 6.10. The van der Waals surface area contributed by atoms with Gasteiger partial charge in [0.2, 0.25) is 5.78 Å². The normalized spacial score (nSPS) is 25.7. The van der Waals surface area contributed by atoms with Crippen LogP contribution >= 0.6 is 0 Å². The summed E-state index contributed by atoms with van der Waals surface area (Å²) in [4.78, 5) is 12.1. The van der Waals surface area contributed by atoms with Crippen LogP contribution in [-0.2, 0) is 11.2 Å². The third-order valence-corrected chi connectivity index (χ3v) is 5.25. The predicted octanol–water partition coefficient (Wildman–Crippen LogP) is 4.34. The van der Waals surface area contributed by atoms with Crippen molar-refractivity contribution in [2.24, 2.45) is 0 Å². The van der Waals surface area contributed by atoms with Gasteiger partial charge in [0.05, 0.1) is 0 Å². The molecule has 0 unspecified atom stereocenters. The summed E-state index contributed by atoms with van der Waals surface area (Å²) in [7, 11) is 0. The van der Waals surface area contributed by atoms with Crippen LogP contribution < -0.4 is 5.11 Å². The van der Waals surface area contributed by atoms with E-state index in [0.29, 0.717) is 0 Å². The number of hydrogen-bond donors (Lipinski definition) is 0. The summed E-state index contributed by atoms with van der Waals surface area (Å²) < 4.78 is 205. The van der Waals surface area contributed by atoms with Gasteiger partial charge >= 0.3 is 35.3 Å². The lowest BCUT2D eigenvalue weighted by Crippen LogP contribution is -2.85. The van der Waals surface area contributed by atoms with Crippen molar-refractivity contribution in [3.8, 4) is 0 Å². The van der Waals surface area contributed by atoms with E-state index in [4.69, 9.17) is 0 Å². The van der Waals surface area contributed by atoms with E-state index in [1.807, 2.05) is 0 Å². The average Bonchev–Trinajstić information content (AvgIpc) is 3.05. The molecule has 0 bridgehead atoms. The molecule has 2 nitrogen and oxygen atoms in total. The molecule has 0 aliphatic heterocycles. The summed E-state index contributed by atoms with van der Waals surface area (Å²) in [5, 5.41) is 12.0. The minimum atomic E-state index is -7.68. The molecule has 0 amide bonds. The first-order valence-electron chi connectivity index (χ1n) is 7.95. The molecule has 0 saturated heterocycles. The number of halogens is 15. The fraction of sp³-hybridized carbons (Fsp3) is 0.438. The van der Waals surface area contributed by atoms with E-state index in [1.165, 1.54) is 0 Å². The number of hydrogen-bond acceptors (Lipinski definition) is 2. The van der Waals surface area contributed by atoms with Gasteiger partial charge in [0.1, 0.15) is 0 Å². The smallest absolute Gasteiger partial charge is 0.384 e. The molecule has 1 saturated carbocycles. The van der Waals surface area contributed by atoms with E-state index >= 15 is 0 Å². The van der Waals surface area contributed by atoms with Crippen LogP contribution in [0, 0.1) is 23.3 Å². The lowest BCUT2D eigenvalue weighted by atomic mass is 9.69. The zero-order valence-corrected chi connectivity index (χ0v) is 14.7. The molecule has 2 aliphatic rings. The predicted molar refractivity (Wildman–Crippen MR) is 70.5 cm³/mol. The maximum Gasteiger partial charge on any atom is 0.384 e. The Morgan fingerprint density at radius 2 is 0.970 bits per heavy atom. The molecule has 0 heterocycles. The third kappa shape index (κ3) is 2.32. The zero-order chi connectivity index (χ0) is 25.9. The van der Waals surface area contributed by atoms with Crippen LogP contribution in [0.5, 0.6) is 0 Å². The molecule has 1 fully saturated rings. The van der Waals surface area contributed by atoms with Gasteiger partial charge in [0.15, 0.2) is 23.3 Å². The van der Waals surface area contributed by atoms with Gasteiger partial charge in [-0.3, -0.25) is 4.79 Å². The Balaban J connectivity index is 2.32. The maximum absolute atomic E-state index is 14.8. The quantitative estimate of drug-likeness (QED) is 0.337. The molecule has 0 aromatic heterocycles. The van der Waals surface area contributed by atoms with E-state index in [2.05, 4.69) is 0 Å². The van der Waals surface area contributed by atoms with Crippen LogP contribution in [0.25, 0.3) is 5.76 Å². The van der Waals surface area contributed by atoms with Crippen molar-refractivity contribution in [3.63, 3.8) is 0 Å². The van der Waals surface area contributed by atoms with Crippen LogP contribution in [0.4, 0.5) is 65.9 Å². The summed E-state index contributed by atoms with van der Waals surface area (Å²) in [6, 6.07) is 0. The number of carbonyl (C=O) groups excluding carboxylic acids is 1. The lowest BCUT2D eigenvalue weighted by Gasteiger charge is -2.51. The van der Waals surface area contributed by atoms with Gasteiger partial charge in [0, 0.05) is 17.5 Å². The minimum Gasteiger partial charge on any atom is -0.872 e. The molecule has 3 rings (SSSR count). The topological polar surface area (TPSA) is 40.1 Å². The highest BCUT2D eigenvalue weighted by Gasteiger charge is 3.02. The second kappa shape index (κ2) is 6.28. The van der Waals surface area contributed by atoms with Gasteiger partial charge in [-0.05, 0) is 5.57 Å². The highest BCUT2D eigenvalue weighted by atomic mass is 19.4. The van der Waals surface area contributed by atoms with Crippen molar-refractivity contribution < 1.29 is 75.8 Å². The number of rotatable bonds is 2. The standard InChI is InChI=1S/C16H3F15O2/c17-5-2-1-3(9(32)4(2)6(18)8(20)7(5)19)10(33)11(21)12(22,23)14(26,27)16(30,31)15(28,29)13(11,24)25/h32H,1H2/p-1. The number of allylic oxidation sites excluding steroid dienone is 1. The Morgan fingerprint density at radius 1 is 0.606 bits per heavy atom. The van der Waals surface area contributed by atoms with Crippen LogP contribution in [0.2, 0.25) is 0 Å².